The van der Waals surface area contributed by atoms with Gasteiger partial charge in [-0.1, -0.05) is 6.92 Å². The number of carbonyl (C=O) groups excluding carboxylic acids is 1. The Morgan fingerprint density at radius 3 is 2.90 bits per heavy atom. The lowest BCUT2D eigenvalue weighted by Gasteiger charge is -2.13. The Kier molecular flexibility index (Phi) is 4.98. The summed E-state index contributed by atoms with van der Waals surface area (Å²) in [5, 5.41) is 8.17. The Bertz CT molecular complexity index is 627. The van der Waals surface area contributed by atoms with E-state index < -0.39 is 0 Å². The molecule has 21 heavy (non-hydrogen) atoms. The van der Waals surface area contributed by atoms with Gasteiger partial charge < -0.3 is 16.4 Å². The van der Waals surface area contributed by atoms with Crippen LogP contribution in [0.4, 0.5) is 11.4 Å². The van der Waals surface area contributed by atoms with E-state index in [1.54, 1.807) is 12.4 Å². The lowest BCUT2D eigenvalue weighted by Crippen LogP contribution is -2.32. The molecule has 5 nitrogen and oxygen atoms in total. The zero-order chi connectivity index (χ0) is 15.2. The molecule has 0 aliphatic rings. The minimum absolute atomic E-state index is 0.0646. The third-order valence-corrected chi connectivity index (χ3v) is 3.54. The summed E-state index contributed by atoms with van der Waals surface area (Å²) in [5.41, 5.74) is 7.63. The van der Waals surface area contributed by atoms with E-state index in [9.17, 15) is 4.79 Å². The Labute approximate surface area is 124 Å². The third kappa shape index (κ3) is 3.84. The standard InChI is InChI=1S/C16H22N4O/c1-3-11(2)20-16(21)7-9-19-15-5-4-14(17)12-6-8-18-10-13(12)15/h4-6,8,10-11,19H,3,7,9,17H2,1-2H3,(H,20,21). The van der Waals surface area contributed by atoms with E-state index in [0.717, 1.165) is 28.6 Å². The summed E-state index contributed by atoms with van der Waals surface area (Å²) in [6, 6.07) is 5.90. The molecule has 0 radical (unpaired) electrons. The van der Waals surface area contributed by atoms with Crippen LogP contribution >= 0.6 is 0 Å². The highest BCUT2D eigenvalue weighted by Gasteiger charge is 2.07. The molecule has 1 aromatic heterocycles. The van der Waals surface area contributed by atoms with E-state index >= 15 is 0 Å². The SMILES string of the molecule is CCC(C)NC(=O)CCNc1ccc(N)c2ccncc12. The number of rotatable bonds is 6. The van der Waals surface area contributed by atoms with E-state index in [1.165, 1.54) is 0 Å². The fraction of sp³-hybridized carbons (Fsp3) is 0.375. The van der Waals surface area contributed by atoms with Crippen LogP contribution in [0.15, 0.2) is 30.6 Å². The van der Waals surface area contributed by atoms with Gasteiger partial charge in [-0.25, -0.2) is 0 Å². The van der Waals surface area contributed by atoms with Crippen LogP contribution in [0.1, 0.15) is 26.7 Å². The molecular formula is C16H22N4O. The molecule has 0 saturated carbocycles. The molecule has 0 aliphatic heterocycles. The molecule has 4 N–H and O–H groups in total. The number of hydrogen-bond acceptors (Lipinski definition) is 4. The van der Waals surface area contributed by atoms with Crippen LogP contribution in [0.2, 0.25) is 0 Å². The van der Waals surface area contributed by atoms with Gasteiger partial charge in [-0.2, -0.15) is 0 Å². The summed E-state index contributed by atoms with van der Waals surface area (Å²) in [7, 11) is 0. The number of nitrogen functional groups attached to an aromatic ring is 1. The fourth-order valence-electron chi connectivity index (χ4n) is 2.13. The minimum Gasteiger partial charge on any atom is -0.398 e. The molecule has 0 spiro atoms. The number of pyridine rings is 1. The number of aromatic nitrogens is 1. The summed E-state index contributed by atoms with van der Waals surface area (Å²) in [6.07, 6.45) is 4.89. The zero-order valence-corrected chi connectivity index (χ0v) is 12.5. The second-order valence-electron chi connectivity index (χ2n) is 5.18. The molecule has 5 heteroatoms. The number of anilines is 2. The average Bonchev–Trinajstić information content (AvgIpc) is 2.49. The predicted molar refractivity (Wildman–Crippen MR) is 87.2 cm³/mol. The van der Waals surface area contributed by atoms with Gasteiger partial charge in [0.15, 0.2) is 0 Å². The first-order valence-corrected chi connectivity index (χ1v) is 7.27. The van der Waals surface area contributed by atoms with Gasteiger partial charge in [0.05, 0.1) is 0 Å². The number of fused-ring (bicyclic) bond motifs is 1. The lowest BCUT2D eigenvalue weighted by molar-refractivity contribution is -0.121. The van der Waals surface area contributed by atoms with Gasteiger partial charge >= 0.3 is 0 Å². The quantitative estimate of drug-likeness (QED) is 0.713. The summed E-state index contributed by atoms with van der Waals surface area (Å²) >= 11 is 0. The molecule has 2 rings (SSSR count). The summed E-state index contributed by atoms with van der Waals surface area (Å²) in [6.45, 7) is 4.64. The molecule has 1 unspecified atom stereocenters. The van der Waals surface area contributed by atoms with Crippen LogP contribution in [0.5, 0.6) is 0 Å². The maximum Gasteiger partial charge on any atom is 0.221 e. The van der Waals surface area contributed by atoms with E-state index in [-0.39, 0.29) is 11.9 Å². The first-order chi connectivity index (χ1) is 10.1. The van der Waals surface area contributed by atoms with Crippen LogP contribution in [0.25, 0.3) is 10.8 Å². The number of hydrogen-bond donors (Lipinski definition) is 3. The molecule has 1 amide bonds. The minimum atomic E-state index is 0.0646. The van der Waals surface area contributed by atoms with E-state index in [1.807, 2.05) is 25.1 Å². The largest absolute Gasteiger partial charge is 0.398 e. The van der Waals surface area contributed by atoms with Crippen LogP contribution in [-0.2, 0) is 4.79 Å². The van der Waals surface area contributed by atoms with Crippen molar-refractivity contribution in [2.75, 3.05) is 17.6 Å². The van der Waals surface area contributed by atoms with E-state index in [4.69, 9.17) is 5.73 Å². The van der Waals surface area contributed by atoms with Crippen molar-refractivity contribution in [1.82, 2.24) is 10.3 Å². The van der Waals surface area contributed by atoms with Gasteiger partial charge in [-0.15, -0.1) is 0 Å². The van der Waals surface area contributed by atoms with Crippen molar-refractivity contribution in [2.24, 2.45) is 0 Å². The normalized spacial score (nSPS) is 12.1. The zero-order valence-electron chi connectivity index (χ0n) is 12.5. The van der Waals surface area contributed by atoms with E-state index in [0.29, 0.717) is 13.0 Å². The van der Waals surface area contributed by atoms with Gasteiger partial charge in [0.2, 0.25) is 5.91 Å². The second-order valence-corrected chi connectivity index (χ2v) is 5.18. The molecule has 0 aliphatic carbocycles. The molecule has 1 atom stereocenters. The predicted octanol–water partition coefficient (Wildman–Crippen LogP) is 2.53. The Morgan fingerprint density at radius 1 is 1.33 bits per heavy atom. The number of nitrogens with zero attached hydrogens (tertiary/aromatic N) is 1. The molecule has 1 aromatic carbocycles. The van der Waals surface area contributed by atoms with Gasteiger partial charge in [0, 0.05) is 53.5 Å². The third-order valence-electron chi connectivity index (χ3n) is 3.54. The highest BCUT2D eigenvalue weighted by Crippen LogP contribution is 2.27. The number of benzene rings is 1. The van der Waals surface area contributed by atoms with Crippen molar-refractivity contribution in [3.8, 4) is 0 Å². The molecule has 0 fully saturated rings. The average molecular weight is 286 g/mol. The van der Waals surface area contributed by atoms with Gasteiger partial charge in [-0.05, 0) is 31.5 Å². The monoisotopic (exact) mass is 286 g/mol. The molecule has 2 aromatic rings. The van der Waals surface area contributed by atoms with Crippen LogP contribution in [-0.4, -0.2) is 23.5 Å². The number of amides is 1. The Balaban J connectivity index is 1.98. The summed E-state index contributed by atoms with van der Waals surface area (Å²) < 4.78 is 0. The first kappa shape index (κ1) is 15.1. The molecule has 0 bridgehead atoms. The first-order valence-electron chi connectivity index (χ1n) is 7.27. The van der Waals surface area contributed by atoms with E-state index in [2.05, 4.69) is 22.5 Å². The number of nitrogens with two attached hydrogens (primary N) is 1. The smallest absolute Gasteiger partial charge is 0.221 e. The van der Waals surface area contributed by atoms with Crippen molar-refractivity contribution >= 4 is 28.1 Å². The number of carbonyl (C=O) groups is 1. The fourth-order valence-corrected chi connectivity index (χ4v) is 2.13. The molecule has 112 valence electrons. The molecule has 0 saturated heterocycles. The maximum atomic E-state index is 11.7. The van der Waals surface area contributed by atoms with Gasteiger partial charge in [-0.3, -0.25) is 9.78 Å². The highest BCUT2D eigenvalue weighted by molar-refractivity contribution is 6.00. The molecular weight excluding hydrogens is 264 g/mol. The maximum absolute atomic E-state index is 11.7. The highest BCUT2D eigenvalue weighted by atomic mass is 16.1. The van der Waals surface area contributed by atoms with Gasteiger partial charge in [0.1, 0.15) is 0 Å². The topological polar surface area (TPSA) is 80.0 Å². The molecule has 1 heterocycles. The van der Waals surface area contributed by atoms with Gasteiger partial charge in [0.25, 0.3) is 0 Å². The van der Waals surface area contributed by atoms with Crippen LogP contribution < -0.4 is 16.4 Å². The van der Waals surface area contributed by atoms with Crippen molar-refractivity contribution in [3.05, 3.63) is 30.6 Å². The van der Waals surface area contributed by atoms with Crippen molar-refractivity contribution in [2.45, 2.75) is 32.7 Å². The Hall–Kier alpha value is -2.30. The van der Waals surface area contributed by atoms with Crippen molar-refractivity contribution < 1.29 is 4.79 Å². The van der Waals surface area contributed by atoms with Crippen LogP contribution in [0, 0.1) is 0 Å². The second kappa shape index (κ2) is 6.92. The van der Waals surface area contributed by atoms with Crippen molar-refractivity contribution in [1.29, 1.82) is 0 Å². The number of nitrogens with one attached hydrogen (secondary N) is 2. The van der Waals surface area contributed by atoms with Crippen LogP contribution in [0.3, 0.4) is 0 Å². The Morgan fingerprint density at radius 2 is 2.14 bits per heavy atom. The summed E-state index contributed by atoms with van der Waals surface area (Å²) in [5.74, 6) is 0.0646. The summed E-state index contributed by atoms with van der Waals surface area (Å²) in [4.78, 5) is 15.9. The lowest BCUT2D eigenvalue weighted by atomic mass is 10.1. The van der Waals surface area contributed by atoms with Crippen molar-refractivity contribution in [3.63, 3.8) is 0 Å².